The van der Waals surface area contributed by atoms with Crippen molar-refractivity contribution in [3.63, 3.8) is 0 Å². The molecular formula is C13H16BrNO3. The Balaban J connectivity index is 2.76. The molecule has 0 aliphatic rings. The highest BCUT2D eigenvalue weighted by Gasteiger charge is 2.13. The highest BCUT2D eigenvalue weighted by Crippen LogP contribution is 2.22. The van der Waals surface area contributed by atoms with Crippen LogP contribution in [0.15, 0.2) is 22.7 Å². The molecule has 0 saturated heterocycles. The summed E-state index contributed by atoms with van der Waals surface area (Å²) in [5, 5.41) is 0. The third-order valence-electron chi connectivity index (χ3n) is 1.83. The number of hydrogen-bond acceptors (Lipinski definition) is 4. The Bertz CT molecular complexity index is 464. The Morgan fingerprint density at radius 2 is 2.06 bits per heavy atom. The number of halogens is 1. The lowest BCUT2D eigenvalue weighted by Crippen LogP contribution is -2.22. The second-order valence-corrected chi connectivity index (χ2v) is 5.45. The van der Waals surface area contributed by atoms with E-state index < -0.39 is 11.6 Å². The smallest absolute Gasteiger partial charge is 0.331 e. The summed E-state index contributed by atoms with van der Waals surface area (Å²) in [5.41, 5.74) is 0.132. The average molecular weight is 314 g/mol. The van der Waals surface area contributed by atoms with Gasteiger partial charge >= 0.3 is 5.97 Å². The minimum atomic E-state index is -0.494. The molecule has 1 rings (SSSR count). The molecule has 5 heteroatoms. The molecule has 0 fully saturated rings. The number of nitrogens with zero attached hydrogens (tertiary/aromatic N) is 1. The molecule has 0 atom stereocenters. The number of esters is 1. The van der Waals surface area contributed by atoms with Crippen LogP contribution >= 0.6 is 15.9 Å². The third kappa shape index (κ3) is 4.87. The maximum absolute atomic E-state index is 11.5. The summed E-state index contributed by atoms with van der Waals surface area (Å²) in [7, 11) is 1.54. The molecule has 1 aromatic rings. The first kappa shape index (κ1) is 14.7. The second kappa shape index (κ2) is 6.00. The summed E-state index contributed by atoms with van der Waals surface area (Å²) in [5.74, 6) is 0.0764. The van der Waals surface area contributed by atoms with Crippen LogP contribution in [0.2, 0.25) is 0 Å². The first-order chi connectivity index (χ1) is 8.31. The summed E-state index contributed by atoms with van der Waals surface area (Å²) in [6.45, 7) is 5.46. The van der Waals surface area contributed by atoms with E-state index in [2.05, 4.69) is 20.9 Å². The van der Waals surface area contributed by atoms with E-state index in [1.165, 1.54) is 13.2 Å². The van der Waals surface area contributed by atoms with E-state index in [0.717, 1.165) is 4.47 Å². The van der Waals surface area contributed by atoms with Crippen molar-refractivity contribution < 1.29 is 14.3 Å². The van der Waals surface area contributed by atoms with Gasteiger partial charge in [-0.15, -0.1) is 0 Å². The number of pyridine rings is 1. The molecule has 0 N–H and O–H groups in total. The van der Waals surface area contributed by atoms with Gasteiger partial charge in [-0.05, 0) is 54.9 Å². The lowest BCUT2D eigenvalue weighted by molar-refractivity contribution is -0.148. The number of hydrogen-bond donors (Lipinski definition) is 0. The molecule has 0 bridgehead atoms. The fourth-order valence-electron chi connectivity index (χ4n) is 1.16. The molecular weight excluding hydrogens is 298 g/mol. The molecule has 0 saturated carbocycles. The fourth-order valence-corrected chi connectivity index (χ4v) is 1.55. The number of carbonyl (C=O) groups is 1. The minimum absolute atomic E-state index is 0.397. The zero-order valence-electron chi connectivity index (χ0n) is 10.9. The van der Waals surface area contributed by atoms with E-state index in [0.29, 0.717) is 11.6 Å². The van der Waals surface area contributed by atoms with E-state index in [1.54, 1.807) is 18.2 Å². The first-order valence-electron chi connectivity index (χ1n) is 5.43. The van der Waals surface area contributed by atoms with Crippen LogP contribution in [-0.2, 0) is 9.53 Å². The van der Waals surface area contributed by atoms with Crippen molar-refractivity contribution >= 4 is 28.0 Å². The van der Waals surface area contributed by atoms with Crippen molar-refractivity contribution in [3.8, 4) is 5.88 Å². The summed E-state index contributed by atoms with van der Waals surface area (Å²) in [6.07, 6.45) is 2.93. The molecule has 0 unspecified atom stereocenters. The van der Waals surface area contributed by atoms with E-state index in [9.17, 15) is 4.79 Å². The van der Waals surface area contributed by atoms with Crippen LogP contribution in [0.3, 0.4) is 0 Å². The number of rotatable bonds is 3. The van der Waals surface area contributed by atoms with Crippen molar-refractivity contribution in [2.45, 2.75) is 26.4 Å². The van der Waals surface area contributed by atoms with Gasteiger partial charge in [0.2, 0.25) is 5.88 Å². The van der Waals surface area contributed by atoms with E-state index in [-0.39, 0.29) is 0 Å². The molecule has 0 aliphatic carbocycles. The quantitative estimate of drug-likeness (QED) is 0.635. The standard InChI is InChI=1S/C13H16BrNO3/c1-13(2,3)18-11(16)8-6-9-5-7-10(14)12(15-9)17-4/h5-8H,1-4H3/b8-6+. The van der Waals surface area contributed by atoms with Crippen LogP contribution in [0.1, 0.15) is 26.5 Å². The van der Waals surface area contributed by atoms with Crippen LogP contribution in [0.5, 0.6) is 5.88 Å². The summed E-state index contributed by atoms with van der Waals surface area (Å²) < 4.78 is 11.0. The maximum Gasteiger partial charge on any atom is 0.331 e. The van der Waals surface area contributed by atoms with Crippen LogP contribution in [0.4, 0.5) is 0 Å². The van der Waals surface area contributed by atoms with Crippen molar-refractivity contribution in [1.82, 2.24) is 4.98 Å². The van der Waals surface area contributed by atoms with Gasteiger partial charge in [0.05, 0.1) is 17.3 Å². The van der Waals surface area contributed by atoms with Crippen LogP contribution in [-0.4, -0.2) is 23.7 Å². The summed E-state index contributed by atoms with van der Waals surface area (Å²) in [6, 6.07) is 3.58. The van der Waals surface area contributed by atoms with Crippen LogP contribution < -0.4 is 4.74 Å². The van der Waals surface area contributed by atoms with Crippen molar-refractivity contribution in [1.29, 1.82) is 0 Å². The first-order valence-corrected chi connectivity index (χ1v) is 6.23. The monoisotopic (exact) mass is 313 g/mol. The van der Waals surface area contributed by atoms with Gasteiger partial charge in [-0.1, -0.05) is 0 Å². The van der Waals surface area contributed by atoms with E-state index in [4.69, 9.17) is 9.47 Å². The number of ether oxygens (including phenoxy) is 2. The molecule has 98 valence electrons. The fraction of sp³-hybridized carbons (Fsp3) is 0.385. The number of carbonyl (C=O) groups excluding carboxylic acids is 1. The van der Waals surface area contributed by atoms with Gasteiger partial charge in [-0.2, -0.15) is 0 Å². The third-order valence-corrected chi connectivity index (χ3v) is 2.43. The van der Waals surface area contributed by atoms with E-state index in [1.807, 2.05) is 20.8 Å². The van der Waals surface area contributed by atoms with Crippen molar-refractivity contribution in [3.05, 3.63) is 28.4 Å². The predicted molar refractivity (Wildman–Crippen MR) is 73.4 cm³/mol. The highest BCUT2D eigenvalue weighted by molar-refractivity contribution is 9.10. The predicted octanol–water partition coefficient (Wildman–Crippen LogP) is 3.21. The largest absolute Gasteiger partial charge is 0.480 e. The number of methoxy groups -OCH3 is 1. The Kier molecular flexibility index (Phi) is 4.90. The molecule has 0 amide bonds. The zero-order chi connectivity index (χ0) is 13.8. The molecule has 1 aromatic heterocycles. The SMILES string of the molecule is COc1nc(/C=C/C(=O)OC(C)(C)C)ccc1Br. The molecule has 4 nitrogen and oxygen atoms in total. The molecule has 0 aromatic carbocycles. The van der Waals surface area contributed by atoms with Gasteiger partial charge < -0.3 is 9.47 Å². The molecule has 0 aliphatic heterocycles. The lowest BCUT2D eigenvalue weighted by atomic mass is 10.2. The Morgan fingerprint density at radius 3 is 2.61 bits per heavy atom. The van der Waals surface area contributed by atoms with Crippen LogP contribution in [0, 0.1) is 0 Å². The highest BCUT2D eigenvalue weighted by atomic mass is 79.9. The Hall–Kier alpha value is -1.36. The van der Waals surface area contributed by atoms with Crippen molar-refractivity contribution in [2.24, 2.45) is 0 Å². The topological polar surface area (TPSA) is 48.4 Å². The molecule has 1 heterocycles. The average Bonchev–Trinajstić information content (AvgIpc) is 2.25. The van der Waals surface area contributed by atoms with Gasteiger partial charge in [0, 0.05) is 6.08 Å². The second-order valence-electron chi connectivity index (χ2n) is 4.59. The van der Waals surface area contributed by atoms with Gasteiger partial charge in [-0.3, -0.25) is 0 Å². The molecule has 0 radical (unpaired) electrons. The minimum Gasteiger partial charge on any atom is -0.480 e. The van der Waals surface area contributed by atoms with Gasteiger partial charge in [0.15, 0.2) is 0 Å². The summed E-state index contributed by atoms with van der Waals surface area (Å²) in [4.78, 5) is 15.7. The Labute approximate surface area is 115 Å². The van der Waals surface area contributed by atoms with Gasteiger partial charge in [0.1, 0.15) is 5.60 Å². The van der Waals surface area contributed by atoms with E-state index >= 15 is 0 Å². The number of aromatic nitrogens is 1. The zero-order valence-corrected chi connectivity index (χ0v) is 12.4. The summed E-state index contributed by atoms with van der Waals surface area (Å²) >= 11 is 3.31. The van der Waals surface area contributed by atoms with Gasteiger partial charge in [-0.25, -0.2) is 9.78 Å². The molecule has 0 spiro atoms. The maximum atomic E-state index is 11.5. The van der Waals surface area contributed by atoms with Crippen molar-refractivity contribution in [2.75, 3.05) is 7.11 Å². The van der Waals surface area contributed by atoms with Crippen LogP contribution in [0.25, 0.3) is 6.08 Å². The van der Waals surface area contributed by atoms with Gasteiger partial charge in [0.25, 0.3) is 0 Å². The Morgan fingerprint density at radius 1 is 1.39 bits per heavy atom. The lowest BCUT2D eigenvalue weighted by Gasteiger charge is -2.17. The molecule has 18 heavy (non-hydrogen) atoms. The normalized spacial score (nSPS) is 11.6.